The highest BCUT2D eigenvalue weighted by atomic mass is 16.3. The monoisotopic (exact) mass is 180 g/mol. The van der Waals surface area contributed by atoms with Gasteiger partial charge in [0.25, 0.3) is 0 Å². The average Bonchev–Trinajstić information content (AvgIpc) is 2.42. The molecule has 0 aromatic carbocycles. The molecule has 2 aliphatic carbocycles. The summed E-state index contributed by atoms with van der Waals surface area (Å²) in [5.74, 6) is 2.46. The number of hydrogen-bond donors (Lipinski definition) is 1. The maximum Gasteiger partial charge on any atom is 0.0594 e. The van der Waals surface area contributed by atoms with Crippen molar-refractivity contribution >= 4 is 0 Å². The predicted molar refractivity (Wildman–Crippen MR) is 54.3 cm³/mol. The third kappa shape index (κ3) is 1.43. The summed E-state index contributed by atoms with van der Waals surface area (Å²) in [6.07, 6.45) is 4.77. The Morgan fingerprint density at radius 2 is 2.08 bits per heavy atom. The van der Waals surface area contributed by atoms with Crippen LogP contribution in [0.25, 0.3) is 0 Å². The smallest absolute Gasteiger partial charge is 0.0594 e. The standard InChI is InChI=1S/C12H20O/c1-7-4-10-6-8(2)12(13)9(3)11(10)5-7/h4,8-13H,5-6H2,1-3H3. The quantitative estimate of drug-likeness (QED) is 0.568. The summed E-state index contributed by atoms with van der Waals surface area (Å²) in [7, 11) is 0. The van der Waals surface area contributed by atoms with Gasteiger partial charge in [-0.2, -0.15) is 0 Å². The van der Waals surface area contributed by atoms with Gasteiger partial charge in [0.2, 0.25) is 0 Å². The lowest BCUT2D eigenvalue weighted by molar-refractivity contribution is -0.0129. The minimum Gasteiger partial charge on any atom is -0.393 e. The fraction of sp³-hybridized carbons (Fsp3) is 0.833. The molecule has 0 spiro atoms. The number of allylic oxidation sites excluding steroid dienone is 2. The van der Waals surface area contributed by atoms with Crippen LogP contribution in [0.3, 0.4) is 0 Å². The van der Waals surface area contributed by atoms with Gasteiger partial charge in [0.15, 0.2) is 0 Å². The molecule has 1 saturated carbocycles. The van der Waals surface area contributed by atoms with E-state index in [1.165, 1.54) is 18.4 Å². The van der Waals surface area contributed by atoms with E-state index in [1.807, 2.05) is 0 Å². The van der Waals surface area contributed by atoms with Gasteiger partial charge in [-0.1, -0.05) is 25.5 Å². The van der Waals surface area contributed by atoms with Gasteiger partial charge in [0.1, 0.15) is 0 Å². The van der Waals surface area contributed by atoms with Crippen LogP contribution in [0.2, 0.25) is 0 Å². The summed E-state index contributed by atoms with van der Waals surface area (Å²) in [4.78, 5) is 0. The summed E-state index contributed by atoms with van der Waals surface area (Å²) < 4.78 is 0. The largest absolute Gasteiger partial charge is 0.393 e. The molecule has 1 fully saturated rings. The first-order valence-electron chi connectivity index (χ1n) is 5.45. The van der Waals surface area contributed by atoms with Crippen LogP contribution in [0, 0.1) is 23.7 Å². The lowest BCUT2D eigenvalue weighted by Crippen LogP contribution is -2.39. The predicted octanol–water partition coefficient (Wildman–Crippen LogP) is 2.61. The molecule has 1 nitrogen and oxygen atoms in total. The van der Waals surface area contributed by atoms with Gasteiger partial charge >= 0.3 is 0 Å². The van der Waals surface area contributed by atoms with Gasteiger partial charge in [0.05, 0.1) is 6.10 Å². The molecule has 0 amide bonds. The normalized spacial score (nSPS) is 50.2. The molecule has 1 N–H and O–H groups in total. The number of rotatable bonds is 0. The third-order valence-electron chi connectivity index (χ3n) is 4.05. The molecule has 2 aliphatic rings. The van der Waals surface area contributed by atoms with Gasteiger partial charge < -0.3 is 5.11 Å². The zero-order chi connectivity index (χ0) is 9.59. The first-order chi connectivity index (χ1) is 6.09. The third-order valence-corrected chi connectivity index (χ3v) is 4.05. The lowest BCUT2D eigenvalue weighted by atomic mass is 9.68. The van der Waals surface area contributed by atoms with Crippen molar-refractivity contribution in [3.05, 3.63) is 11.6 Å². The Labute approximate surface area is 80.8 Å². The maximum absolute atomic E-state index is 9.96. The molecular weight excluding hydrogens is 160 g/mol. The summed E-state index contributed by atoms with van der Waals surface area (Å²) in [5, 5.41) is 9.96. The summed E-state index contributed by atoms with van der Waals surface area (Å²) in [6.45, 7) is 6.62. The first-order valence-corrected chi connectivity index (χ1v) is 5.45. The Balaban J connectivity index is 2.16. The van der Waals surface area contributed by atoms with Crippen LogP contribution in [0.15, 0.2) is 11.6 Å². The maximum atomic E-state index is 9.96. The Morgan fingerprint density at radius 1 is 1.38 bits per heavy atom. The molecule has 0 aromatic heterocycles. The van der Waals surface area contributed by atoms with Crippen LogP contribution in [-0.2, 0) is 0 Å². The molecule has 0 aromatic rings. The minimum absolute atomic E-state index is 0.0689. The van der Waals surface area contributed by atoms with Gasteiger partial charge in [-0.3, -0.25) is 0 Å². The Bertz CT molecular complexity index is 231. The second-order valence-corrected chi connectivity index (χ2v) is 5.11. The van der Waals surface area contributed by atoms with E-state index in [9.17, 15) is 5.11 Å². The van der Waals surface area contributed by atoms with Gasteiger partial charge in [-0.05, 0) is 43.4 Å². The van der Waals surface area contributed by atoms with Crippen LogP contribution < -0.4 is 0 Å². The van der Waals surface area contributed by atoms with E-state index in [4.69, 9.17) is 0 Å². The summed E-state index contributed by atoms with van der Waals surface area (Å²) in [5.41, 5.74) is 1.53. The highest BCUT2D eigenvalue weighted by molar-refractivity contribution is 5.14. The van der Waals surface area contributed by atoms with E-state index in [2.05, 4.69) is 26.8 Å². The van der Waals surface area contributed by atoms with Crippen molar-refractivity contribution < 1.29 is 5.11 Å². The first kappa shape index (κ1) is 9.26. The Morgan fingerprint density at radius 3 is 2.77 bits per heavy atom. The molecule has 2 rings (SSSR count). The van der Waals surface area contributed by atoms with E-state index < -0.39 is 0 Å². The second kappa shape index (κ2) is 3.13. The van der Waals surface area contributed by atoms with Crippen molar-refractivity contribution in [3.63, 3.8) is 0 Å². The molecular formula is C12H20O. The van der Waals surface area contributed by atoms with Crippen LogP contribution in [0.5, 0.6) is 0 Å². The van der Waals surface area contributed by atoms with E-state index in [1.54, 1.807) is 0 Å². The zero-order valence-corrected chi connectivity index (χ0v) is 8.83. The fourth-order valence-corrected chi connectivity index (χ4v) is 3.24. The molecule has 0 saturated heterocycles. The zero-order valence-electron chi connectivity index (χ0n) is 8.83. The van der Waals surface area contributed by atoms with E-state index in [0.717, 1.165) is 11.8 Å². The number of aliphatic hydroxyl groups excluding tert-OH is 1. The number of fused-ring (bicyclic) bond motifs is 1. The molecule has 0 heterocycles. The van der Waals surface area contributed by atoms with Crippen molar-refractivity contribution in [2.24, 2.45) is 23.7 Å². The second-order valence-electron chi connectivity index (χ2n) is 5.11. The van der Waals surface area contributed by atoms with Crippen molar-refractivity contribution in [2.75, 3.05) is 0 Å². The van der Waals surface area contributed by atoms with E-state index >= 15 is 0 Å². The molecule has 5 unspecified atom stereocenters. The molecule has 0 radical (unpaired) electrons. The van der Waals surface area contributed by atoms with Crippen molar-refractivity contribution in [2.45, 2.75) is 39.7 Å². The highest BCUT2D eigenvalue weighted by Gasteiger charge is 2.41. The molecule has 0 bridgehead atoms. The number of hydrogen-bond acceptors (Lipinski definition) is 1. The van der Waals surface area contributed by atoms with Gasteiger partial charge in [0, 0.05) is 0 Å². The Kier molecular flexibility index (Phi) is 2.23. The molecule has 1 heteroatoms. The van der Waals surface area contributed by atoms with Crippen molar-refractivity contribution in [1.82, 2.24) is 0 Å². The molecule has 5 atom stereocenters. The highest BCUT2D eigenvalue weighted by Crippen LogP contribution is 2.46. The minimum atomic E-state index is -0.0689. The lowest BCUT2D eigenvalue weighted by Gasteiger charge is -2.39. The van der Waals surface area contributed by atoms with Gasteiger partial charge in [-0.15, -0.1) is 0 Å². The van der Waals surface area contributed by atoms with Crippen LogP contribution >= 0.6 is 0 Å². The van der Waals surface area contributed by atoms with Crippen LogP contribution in [0.1, 0.15) is 33.6 Å². The Hall–Kier alpha value is -0.300. The molecule has 0 aliphatic heterocycles. The topological polar surface area (TPSA) is 20.2 Å². The van der Waals surface area contributed by atoms with E-state index in [0.29, 0.717) is 11.8 Å². The van der Waals surface area contributed by atoms with Crippen molar-refractivity contribution in [1.29, 1.82) is 0 Å². The van der Waals surface area contributed by atoms with Crippen molar-refractivity contribution in [3.8, 4) is 0 Å². The fourth-order valence-electron chi connectivity index (χ4n) is 3.24. The molecule has 74 valence electrons. The van der Waals surface area contributed by atoms with Crippen LogP contribution in [0.4, 0.5) is 0 Å². The molecule has 13 heavy (non-hydrogen) atoms. The summed E-state index contributed by atoms with van der Waals surface area (Å²) in [6, 6.07) is 0. The van der Waals surface area contributed by atoms with E-state index in [-0.39, 0.29) is 6.10 Å². The SMILES string of the molecule is CC1=CC2CC(C)C(O)C(C)C2C1. The van der Waals surface area contributed by atoms with Gasteiger partial charge in [-0.25, -0.2) is 0 Å². The van der Waals surface area contributed by atoms with Crippen LogP contribution in [-0.4, -0.2) is 11.2 Å². The average molecular weight is 180 g/mol. The number of aliphatic hydroxyl groups is 1. The summed E-state index contributed by atoms with van der Waals surface area (Å²) >= 11 is 0.